The third kappa shape index (κ3) is 3.74. The van der Waals surface area contributed by atoms with Crippen molar-refractivity contribution in [2.75, 3.05) is 0 Å². The van der Waals surface area contributed by atoms with Crippen molar-refractivity contribution in [2.24, 2.45) is 0 Å². The molecule has 111 valence electrons. The first kappa shape index (κ1) is 15.3. The van der Waals surface area contributed by atoms with Crippen molar-refractivity contribution in [1.82, 2.24) is 4.98 Å². The number of nitrogens with zero attached hydrogens (tertiary/aromatic N) is 1. The topological polar surface area (TPSA) is 12.9 Å². The van der Waals surface area contributed by atoms with Crippen LogP contribution in [0.25, 0.3) is 0 Å². The monoisotopic (exact) mass is 304 g/mol. The zero-order valence-corrected chi connectivity index (χ0v) is 10.3. The van der Waals surface area contributed by atoms with Gasteiger partial charge in [0.05, 0.1) is 16.8 Å². The third-order valence-corrected chi connectivity index (χ3v) is 2.65. The van der Waals surface area contributed by atoms with Gasteiger partial charge >= 0.3 is 12.4 Å². The van der Waals surface area contributed by atoms with E-state index in [-0.39, 0.29) is 6.07 Å². The highest BCUT2D eigenvalue weighted by Crippen LogP contribution is 2.37. The Balaban J connectivity index is 2.46. The Kier molecular flexibility index (Phi) is 3.93. The van der Waals surface area contributed by atoms with E-state index in [1.165, 1.54) is 12.1 Å². The van der Waals surface area contributed by atoms with Crippen LogP contribution in [0.1, 0.15) is 22.4 Å². The largest absolute Gasteiger partial charge is 0.418 e. The Hall–Kier alpha value is -2.05. The first-order valence-corrected chi connectivity index (χ1v) is 5.72. The molecule has 0 fully saturated rings. The number of hydrogen-bond donors (Lipinski definition) is 0. The van der Waals surface area contributed by atoms with Crippen LogP contribution < -0.4 is 0 Å². The Morgan fingerprint density at radius 1 is 0.857 bits per heavy atom. The molecule has 0 bridgehead atoms. The summed E-state index contributed by atoms with van der Waals surface area (Å²) in [5, 5.41) is 0. The smallest absolute Gasteiger partial charge is 0.259 e. The van der Waals surface area contributed by atoms with Crippen LogP contribution in [-0.4, -0.2) is 4.98 Å². The standard InChI is InChI=1S/C14H8F6N/c15-13(16,17)10-7-11(14(18,19)20)12(21-8-10)6-9-4-2-1-3-5-9/h1-8H. The van der Waals surface area contributed by atoms with Crippen molar-refractivity contribution in [2.45, 2.75) is 12.4 Å². The molecule has 0 aliphatic rings. The minimum absolute atomic E-state index is 0.0712. The Bertz CT molecular complexity index is 616. The van der Waals surface area contributed by atoms with Gasteiger partial charge in [-0.1, -0.05) is 30.3 Å². The first-order valence-electron chi connectivity index (χ1n) is 5.72. The van der Waals surface area contributed by atoms with E-state index in [0.717, 1.165) is 6.42 Å². The number of benzene rings is 1. The average Bonchev–Trinajstić information content (AvgIpc) is 2.38. The Morgan fingerprint density at radius 3 is 2.00 bits per heavy atom. The van der Waals surface area contributed by atoms with Gasteiger partial charge in [-0.3, -0.25) is 4.98 Å². The van der Waals surface area contributed by atoms with Gasteiger partial charge in [0.2, 0.25) is 0 Å². The van der Waals surface area contributed by atoms with Gasteiger partial charge in [0.15, 0.2) is 0 Å². The second kappa shape index (κ2) is 5.38. The molecule has 2 rings (SSSR count). The van der Waals surface area contributed by atoms with Crippen molar-refractivity contribution in [3.63, 3.8) is 0 Å². The number of halogens is 6. The fourth-order valence-corrected chi connectivity index (χ4v) is 1.68. The first-order chi connectivity index (χ1) is 9.68. The predicted octanol–water partition coefficient (Wildman–Crippen LogP) is 4.72. The Morgan fingerprint density at radius 2 is 1.48 bits per heavy atom. The van der Waals surface area contributed by atoms with E-state index >= 15 is 0 Å². The second-order valence-electron chi connectivity index (χ2n) is 4.21. The van der Waals surface area contributed by atoms with Crippen LogP contribution in [0, 0.1) is 6.42 Å². The summed E-state index contributed by atoms with van der Waals surface area (Å²) < 4.78 is 76.2. The molecule has 0 N–H and O–H groups in total. The lowest BCUT2D eigenvalue weighted by atomic mass is 10.0. The Labute approximate surface area is 116 Å². The quantitative estimate of drug-likeness (QED) is 0.732. The number of pyridine rings is 1. The number of hydrogen-bond acceptors (Lipinski definition) is 1. The summed E-state index contributed by atoms with van der Waals surface area (Å²) in [6.07, 6.45) is -8.32. The maximum Gasteiger partial charge on any atom is 0.418 e. The molecule has 1 aromatic heterocycles. The summed E-state index contributed by atoms with van der Waals surface area (Å²) in [6.45, 7) is 0. The lowest BCUT2D eigenvalue weighted by Crippen LogP contribution is -2.14. The summed E-state index contributed by atoms with van der Waals surface area (Å²) in [6, 6.07) is 8.00. The molecule has 0 atom stereocenters. The predicted molar refractivity (Wildman–Crippen MR) is 63.2 cm³/mol. The maximum absolute atomic E-state index is 12.9. The lowest BCUT2D eigenvalue weighted by Gasteiger charge is -2.14. The number of aromatic nitrogens is 1. The second-order valence-corrected chi connectivity index (χ2v) is 4.21. The fourth-order valence-electron chi connectivity index (χ4n) is 1.68. The van der Waals surface area contributed by atoms with Crippen LogP contribution in [0.15, 0.2) is 42.6 Å². The van der Waals surface area contributed by atoms with Crippen molar-refractivity contribution in [1.29, 1.82) is 0 Å². The van der Waals surface area contributed by atoms with Gasteiger partial charge in [0.25, 0.3) is 0 Å². The van der Waals surface area contributed by atoms with Gasteiger partial charge in [-0.25, -0.2) is 0 Å². The zero-order chi connectivity index (χ0) is 15.7. The van der Waals surface area contributed by atoms with Crippen LogP contribution in [0.4, 0.5) is 26.3 Å². The zero-order valence-electron chi connectivity index (χ0n) is 10.3. The van der Waals surface area contributed by atoms with Gasteiger partial charge in [-0.15, -0.1) is 0 Å². The highest BCUT2D eigenvalue weighted by molar-refractivity contribution is 5.40. The van der Waals surface area contributed by atoms with Crippen LogP contribution >= 0.6 is 0 Å². The average molecular weight is 304 g/mol. The molecule has 0 amide bonds. The van der Waals surface area contributed by atoms with Crippen LogP contribution in [-0.2, 0) is 12.4 Å². The van der Waals surface area contributed by atoms with E-state index < -0.39 is 29.2 Å². The molecular formula is C14H8F6N. The highest BCUT2D eigenvalue weighted by Gasteiger charge is 2.38. The molecule has 1 heterocycles. The summed E-state index contributed by atoms with van der Waals surface area (Å²) in [5.74, 6) is 0. The minimum Gasteiger partial charge on any atom is -0.259 e. The molecular weight excluding hydrogens is 296 g/mol. The molecule has 0 saturated heterocycles. The van der Waals surface area contributed by atoms with E-state index in [4.69, 9.17) is 0 Å². The molecule has 1 aromatic carbocycles. The van der Waals surface area contributed by atoms with Gasteiger partial charge in [-0.05, 0) is 11.6 Å². The summed E-state index contributed by atoms with van der Waals surface area (Å²) in [7, 11) is 0. The summed E-state index contributed by atoms with van der Waals surface area (Å²) in [4.78, 5) is 3.31. The van der Waals surface area contributed by atoms with E-state index in [9.17, 15) is 26.3 Å². The van der Waals surface area contributed by atoms with Crippen molar-refractivity contribution < 1.29 is 26.3 Å². The molecule has 0 aliphatic heterocycles. The van der Waals surface area contributed by atoms with Crippen molar-refractivity contribution >= 4 is 0 Å². The van der Waals surface area contributed by atoms with E-state index in [1.54, 1.807) is 18.2 Å². The van der Waals surface area contributed by atoms with Crippen LogP contribution in [0.3, 0.4) is 0 Å². The SMILES string of the molecule is FC(F)(F)c1cnc([CH]c2ccccc2)c(C(F)(F)F)c1. The van der Waals surface area contributed by atoms with E-state index in [1.807, 2.05) is 0 Å². The van der Waals surface area contributed by atoms with Gasteiger partial charge in [0, 0.05) is 12.6 Å². The molecule has 2 aromatic rings. The van der Waals surface area contributed by atoms with Crippen molar-refractivity contribution in [3.8, 4) is 0 Å². The minimum atomic E-state index is -4.92. The normalized spacial score (nSPS) is 12.5. The lowest BCUT2D eigenvalue weighted by molar-refractivity contribution is -0.143. The third-order valence-electron chi connectivity index (χ3n) is 2.65. The maximum atomic E-state index is 12.9. The number of alkyl halides is 6. The molecule has 1 radical (unpaired) electrons. The van der Waals surface area contributed by atoms with Crippen LogP contribution in [0.2, 0.25) is 0 Å². The van der Waals surface area contributed by atoms with Gasteiger partial charge in [0.1, 0.15) is 0 Å². The summed E-state index contributed by atoms with van der Waals surface area (Å²) >= 11 is 0. The number of rotatable bonds is 2. The molecule has 0 aliphatic carbocycles. The van der Waals surface area contributed by atoms with Crippen molar-refractivity contribution in [3.05, 3.63) is 71.4 Å². The molecule has 7 heteroatoms. The molecule has 21 heavy (non-hydrogen) atoms. The molecule has 0 unspecified atom stereocenters. The summed E-state index contributed by atoms with van der Waals surface area (Å²) in [5.41, 5.74) is -2.99. The fraction of sp³-hybridized carbons (Fsp3) is 0.143. The molecule has 1 nitrogen and oxygen atoms in total. The van der Waals surface area contributed by atoms with Gasteiger partial charge in [-0.2, -0.15) is 26.3 Å². The van der Waals surface area contributed by atoms with E-state index in [2.05, 4.69) is 4.98 Å². The molecule has 0 spiro atoms. The van der Waals surface area contributed by atoms with E-state index in [0.29, 0.717) is 11.8 Å². The molecule has 0 saturated carbocycles. The van der Waals surface area contributed by atoms with Gasteiger partial charge < -0.3 is 0 Å². The van der Waals surface area contributed by atoms with Crippen LogP contribution in [0.5, 0.6) is 0 Å². The highest BCUT2D eigenvalue weighted by atomic mass is 19.4.